The Bertz CT molecular complexity index is 814. The van der Waals surface area contributed by atoms with Crippen molar-refractivity contribution in [2.24, 2.45) is 0 Å². The monoisotopic (exact) mass is 357 g/mol. The van der Waals surface area contributed by atoms with Crippen LogP contribution in [0.4, 0.5) is 0 Å². The maximum absolute atomic E-state index is 11.5. The van der Waals surface area contributed by atoms with Crippen LogP contribution in [-0.2, 0) is 4.74 Å². The Labute approximate surface area is 137 Å². The number of aromatic nitrogens is 4. The van der Waals surface area contributed by atoms with Crippen molar-refractivity contribution in [1.29, 1.82) is 0 Å². The Hall–Kier alpha value is -2.04. The van der Waals surface area contributed by atoms with Gasteiger partial charge in [0.15, 0.2) is 20.1 Å². The molecule has 0 bridgehead atoms. The Kier molecular flexibility index (Phi) is 4.05. The highest BCUT2D eigenvalue weighted by Gasteiger charge is 2.21. The lowest BCUT2D eigenvalue weighted by Gasteiger charge is -1.99. The molecule has 0 aliphatic rings. The zero-order valence-electron chi connectivity index (χ0n) is 11.0. The number of carbonyl (C=O) groups is 1. The van der Waals surface area contributed by atoms with Crippen molar-refractivity contribution in [3.8, 4) is 11.6 Å². The van der Waals surface area contributed by atoms with E-state index < -0.39 is 5.97 Å². The standard InChI is InChI=1S/C11H8ClN5O3S2/c1-19-9(18)6-7(12)14-11(21-6)22-10-16-15-8(17(10)13)5-3-2-4-20-5/h2-4H,13H2,1H3. The third-order valence-electron chi connectivity index (χ3n) is 2.52. The molecule has 22 heavy (non-hydrogen) atoms. The highest BCUT2D eigenvalue weighted by molar-refractivity contribution is 8.00. The number of nitrogen functional groups attached to an aromatic ring is 1. The number of nitrogens with zero attached hydrogens (tertiary/aromatic N) is 4. The van der Waals surface area contributed by atoms with E-state index >= 15 is 0 Å². The van der Waals surface area contributed by atoms with Gasteiger partial charge < -0.3 is 15.0 Å². The van der Waals surface area contributed by atoms with E-state index in [1.165, 1.54) is 18.0 Å². The molecule has 3 aromatic rings. The average Bonchev–Trinajstić information content (AvgIpc) is 3.21. The first-order chi connectivity index (χ1) is 10.6. The molecule has 114 valence electrons. The lowest BCUT2D eigenvalue weighted by molar-refractivity contribution is 0.0606. The minimum absolute atomic E-state index is 0.0775. The van der Waals surface area contributed by atoms with E-state index in [1.807, 2.05) is 0 Å². The second-order valence-corrected chi connectivity index (χ2v) is 6.42. The number of methoxy groups -OCH3 is 1. The summed E-state index contributed by atoms with van der Waals surface area (Å²) in [4.78, 5) is 15.8. The fourth-order valence-corrected chi connectivity index (χ4v) is 3.73. The molecule has 0 radical (unpaired) electrons. The van der Waals surface area contributed by atoms with Gasteiger partial charge in [0.25, 0.3) is 0 Å². The van der Waals surface area contributed by atoms with Gasteiger partial charge in [-0.05, 0) is 23.9 Å². The number of ether oxygens (including phenoxy) is 1. The van der Waals surface area contributed by atoms with Crippen LogP contribution in [0, 0.1) is 0 Å². The summed E-state index contributed by atoms with van der Waals surface area (Å²) in [5.41, 5.74) is 0. The molecule has 0 aromatic carbocycles. The molecular weight excluding hydrogens is 350 g/mol. The number of hydrogen-bond acceptors (Lipinski definition) is 9. The van der Waals surface area contributed by atoms with Crippen LogP contribution in [0.3, 0.4) is 0 Å². The number of hydrogen-bond donors (Lipinski definition) is 1. The summed E-state index contributed by atoms with van der Waals surface area (Å²) in [5.74, 6) is 6.27. The van der Waals surface area contributed by atoms with Crippen LogP contribution >= 0.6 is 34.7 Å². The SMILES string of the molecule is COC(=O)c1sc(Sc2nnc(-c3ccco3)n2N)nc1Cl. The fraction of sp³-hybridized carbons (Fsp3) is 0.0909. The quantitative estimate of drug-likeness (QED) is 0.559. The van der Waals surface area contributed by atoms with E-state index in [2.05, 4.69) is 19.9 Å². The first-order valence-corrected chi connectivity index (χ1v) is 7.78. The second kappa shape index (κ2) is 5.99. The minimum atomic E-state index is -0.542. The van der Waals surface area contributed by atoms with Gasteiger partial charge in [-0.25, -0.2) is 14.5 Å². The first-order valence-electron chi connectivity index (χ1n) is 5.77. The Balaban J connectivity index is 1.87. The molecule has 11 heteroatoms. The molecule has 3 aromatic heterocycles. The highest BCUT2D eigenvalue weighted by atomic mass is 35.5. The number of esters is 1. The second-order valence-electron chi connectivity index (χ2n) is 3.85. The van der Waals surface area contributed by atoms with Gasteiger partial charge in [-0.2, -0.15) is 0 Å². The summed E-state index contributed by atoms with van der Waals surface area (Å²) in [5, 5.41) is 8.39. The van der Waals surface area contributed by atoms with E-state index in [0.717, 1.165) is 23.1 Å². The number of rotatable bonds is 4. The van der Waals surface area contributed by atoms with Crippen LogP contribution in [0.5, 0.6) is 0 Å². The summed E-state index contributed by atoms with van der Waals surface area (Å²) < 4.78 is 11.6. The van der Waals surface area contributed by atoms with Gasteiger partial charge >= 0.3 is 5.97 Å². The molecule has 0 amide bonds. The van der Waals surface area contributed by atoms with E-state index in [1.54, 1.807) is 12.1 Å². The van der Waals surface area contributed by atoms with Crippen LogP contribution in [-0.4, -0.2) is 32.9 Å². The summed E-state index contributed by atoms with van der Waals surface area (Å²) in [7, 11) is 1.28. The van der Waals surface area contributed by atoms with Crippen molar-refractivity contribution >= 4 is 40.7 Å². The van der Waals surface area contributed by atoms with E-state index in [4.69, 9.17) is 21.9 Å². The van der Waals surface area contributed by atoms with Crippen molar-refractivity contribution in [3.63, 3.8) is 0 Å². The van der Waals surface area contributed by atoms with Crippen molar-refractivity contribution in [2.75, 3.05) is 13.0 Å². The zero-order valence-corrected chi connectivity index (χ0v) is 13.4. The van der Waals surface area contributed by atoms with E-state index in [0.29, 0.717) is 21.1 Å². The smallest absolute Gasteiger partial charge is 0.351 e. The third kappa shape index (κ3) is 2.67. The number of carbonyl (C=O) groups excluding carboxylic acids is 1. The largest absolute Gasteiger partial charge is 0.465 e. The molecule has 0 aliphatic carbocycles. The fourth-order valence-electron chi connectivity index (χ4n) is 1.54. The molecule has 0 saturated heterocycles. The molecule has 8 nitrogen and oxygen atoms in total. The minimum Gasteiger partial charge on any atom is -0.465 e. The van der Waals surface area contributed by atoms with Crippen LogP contribution in [0.15, 0.2) is 32.3 Å². The molecule has 0 unspecified atom stereocenters. The van der Waals surface area contributed by atoms with Gasteiger partial charge in [0.2, 0.25) is 11.0 Å². The van der Waals surface area contributed by atoms with Gasteiger partial charge in [-0.1, -0.05) is 22.9 Å². The molecular formula is C11H8ClN5O3S2. The van der Waals surface area contributed by atoms with Gasteiger partial charge in [0.1, 0.15) is 0 Å². The van der Waals surface area contributed by atoms with Crippen molar-refractivity contribution in [1.82, 2.24) is 19.9 Å². The third-order valence-corrected chi connectivity index (χ3v) is 4.96. The number of thiazole rings is 1. The maximum Gasteiger partial charge on any atom is 0.351 e. The molecule has 3 rings (SSSR count). The van der Waals surface area contributed by atoms with Gasteiger partial charge in [0.05, 0.1) is 13.4 Å². The van der Waals surface area contributed by atoms with Crippen molar-refractivity contribution in [2.45, 2.75) is 9.50 Å². The number of halogens is 1. The molecule has 0 aliphatic heterocycles. The summed E-state index contributed by atoms with van der Waals surface area (Å²) in [6.07, 6.45) is 1.51. The predicted molar refractivity (Wildman–Crippen MR) is 80.5 cm³/mol. The molecule has 0 saturated carbocycles. The Morgan fingerprint density at radius 2 is 2.36 bits per heavy atom. The van der Waals surface area contributed by atoms with Gasteiger partial charge in [-0.3, -0.25) is 0 Å². The average molecular weight is 358 g/mol. The van der Waals surface area contributed by atoms with E-state index in [9.17, 15) is 4.79 Å². The van der Waals surface area contributed by atoms with Gasteiger partial charge in [0, 0.05) is 0 Å². The summed E-state index contributed by atoms with van der Waals surface area (Å²) in [6.45, 7) is 0. The van der Waals surface area contributed by atoms with Crippen LogP contribution < -0.4 is 5.84 Å². The summed E-state index contributed by atoms with van der Waals surface area (Å²) in [6, 6.07) is 3.44. The lowest BCUT2D eigenvalue weighted by Crippen LogP contribution is -2.11. The normalized spacial score (nSPS) is 10.8. The topological polar surface area (TPSA) is 109 Å². The Morgan fingerprint density at radius 3 is 3.05 bits per heavy atom. The van der Waals surface area contributed by atoms with Crippen LogP contribution in [0.1, 0.15) is 9.67 Å². The number of furan rings is 1. The summed E-state index contributed by atoms with van der Waals surface area (Å²) >= 11 is 8.13. The lowest BCUT2D eigenvalue weighted by atomic mass is 10.4. The predicted octanol–water partition coefficient (Wildman–Crippen LogP) is 2.30. The molecule has 0 atom stereocenters. The molecule has 3 heterocycles. The van der Waals surface area contributed by atoms with E-state index in [-0.39, 0.29) is 10.0 Å². The van der Waals surface area contributed by atoms with Crippen molar-refractivity contribution < 1.29 is 13.9 Å². The molecule has 2 N–H and O–H groups in total. The maximum atomic E-state index is 11.5. The number of nitrogens with two attached hydrogens (primary N) is 1. The first kappa shape index (κ1) is 14.9. The Morgan fingerprint density at radius 1 is 1.55 bits per heavy atom. The van der Waals surface area contributed by atoms with Gasteiger partial charge in [-0.15, -0.1) is 10.2 Å². The van der Waals surface area contributed by atoms with Crippen LogP contribution in [0.25, 0.3) is 11.6 Å². The zero-order chi connectivity index (χ0) is 15.7. The highest BCUT2D eigenvalue weighted by Crippen LogP contribution is 2.34. The molecule has 0 spiro atoms. The van der Waals surface area contributed by atoms with Crippen LogP contribution in [0.2, 0.25) is 5.15 Å². The van der Waals surface area contributed by atoms with Crippen molar-refractivity contribution in [3.05, 3.63) is 28.4 Å². The molecule has 0 fully saturated rings.